The highest BCUT2D eigenvalue weighted by Crippen LogP contribution is 2.27. The van der Waals surface area contributed by atoms with Gasteiger partial charge < -0.3 is 9.84 Å². The average molecular weight is 405 g/mol. The number of nitrogens with one attached hydrogen (secondary N) is 1. The Bertz CT molecular complexity index is 866. The number of phenolic OH excluding ortho intramolecular Hbond substituents is 1. The number of para-hydroxylation sites is 2. The molecule has 5 nitrogen and oxygen atoms in total. The Morgan fingerprint density at radius 2 is 2.08 bits per heavy atom. The Morgan fingerprint density at radius 3 is 2.88 bits per heavy atom. The van der Waals surface area contributed by atoms with Crippen LogP contribution >= 0.6 is 27.3 Å². The summed E-state index contributed by atoms with van der Waals surface area (Å²) in [6, 6.07) is 14.3. The number of aromatic hydroxyl groups is 1. The Hall–Kier alpha value is -2.38. The predicted octanol–water partition coefficient (Wildman–Crippen LogP) is 4.30. The minimum atomic E-state index is -0.339. The van der Waals surface area contributed by atoms with Crippen molar-refractivity contribution in [3.05, 3.63) is 58.4 Å². The molecular weight excluding hydrogens is 392 g/mol. The lowest BCUT2D eigenvalue weighted by atomic mass is 10.2. The summed E-state index contributed by atoms with van der Waals surface area (Å²) in [5.74, 6) is -0.0773. The first-order valence-corrected chi connectivity index (χ1v) is 8.71. The fourth-order valence-corrected chi connectivity index (χ4v) is 3.12. The van der Waals surface area contributed by atoms with Crippen molar-refractivity contribution < 1.29 is 14.6 Å². The zero-order valence-corrected chi connectivity index (χ0v) is 14.8. The standard InChI is InChI=1S/C17H13BrN2O3S/c18-12-5-3-4-11(8-12)13-10-24-17(19-13)20-16(22)9-23-15-7-2-1-6-14(15)21/h1-8,10,21H,9H2,(H,19,20,22). The van der Waals surface area contributed by atoms with Crippen LogP contribution in [0, 0.1) is 0 Å². The molecular formula is C17H13BrN2O3S. The smallest absolute Gasteiger partial charge is 0.264 e. The van der Waals surface area contributed by atoms with Crippen LogP contribution in [-0.4, -0.2) is 22.6 Å². The fourth-order valence-electron chi connectivity index (χ4n) is 1.99. The molecule has 7 heteroatoms. The van der Waals surface area contributed by atoms with Gasteiger partial charge >= 0.3 is 0 Å². The molecule has 122 valence electrons. The second-order valence-electron chi connectivity index (χ2n) is 4.85. The molecule has 3 rings (SSSR count). The molecule has 0 radical (unpaired) electrons. The molecule has 0 spiro atoms. The summed E-state index contributed by atoms with van der Waals surface area (Å²) in [4.78, 5) is 16.3. The van der Waals surface area contributed by atoms with E-state index in [1.165, 1.54) is 17.4 Å². The van der Waals surface area contributed by atoms with Crippen LogP contribution < -0.4 is 10.1 Å². The van der Waals surface area contributed by atoms with Crippen LogP contribution in [0.4, 0.5) is 5.13 Å². The summed E-state index contributed by atoms with van der Waals surface area (Å²) in [6.07, 6.45) is 0. The molecule has 0 bridgehead atoms. The Morgan fingerprint density at radius 1 is 1.25 bits per heavy atom. The molecule has 2 N–H and O–H groups in total. The zero-order valence-electron chi connectivity index (χ0n) is 12.4. The number of hydrogen-bond acceptors (Lipinski definition) is 5. The van der Waals surface area contributed by atoms with E-state index in [9.17, 15) is 9.90 Å². The number of thiazole rings is 1. The van der Waals surface area contributed by atoms with Gasteiger partial charge in [-0.15, -0.1) is 11.3 Å². The summed E-state index contributed by atoms with van der Waals surface area (Å²) in [6.45, 7) is -0.205. The largest absolute Gasteiger partial charge is 0.504 e. The highest BCUT2D eigenvalue weighted by Gasteiger charge is 2.10. The molecule has 0 aliphatic carbocycles. The summed E-state index contributed by atoms with van der Waals surface area (Å²) >= 11 is 4.76. The molecule has 3 aromatic rings. The number of aromatic nitrogens is 1. The van der Waals surface area contributed by atoms with Gasteiger partial charge in [0, 0.05) is 15.4 Å². The molecule has 2 aromatic carbocycles. The SMILES string of the molecule is O=C(COc1ccccc1O)Nc1nc(-c2cccc(Br)c2)cs1. The van der Waals surface area contributed by atoms with Crippen LogP contribution in [-0.2, 0) is 4.79 Å². The first-order chi connectivity index (χ1) is 11.6. The molecule has 0 saturated carbocycles. The van der Waals surface area contributed by atoms with Crippen molar-refractivity contribution in [3.8, 4) is 22.8 Å². The number of carbonyl (C=O) groups excluding carboxylic acids is 1. The van der Waals surface area contributed by atoms with Gasteiger partial charge in [0.15, 0.2) is 23.2 Å². The molecule has 0 fully saturated rings. The number of phenols is 1. The minimum absolute atomic E-state index is 0.00325. The van der Waals surface area contributed by atoms with Crippen molar-refractivity contribution in [2.24, 2.45) is 0 Å². The lowest BCUT2D eigenvalue weighted by Gasteiger charge is -2.07. The van der Waals surface area contributed by atoms with E-state index in [1.807, 2.05) is 29.6 Å². The minimum Gasteiger partial charge on any atom is -0.504 e. The van der Waals surface area contributed by atoms with Crippen molar-refractivity contribution in [1.82, 2.24) is 4.98 Å². The Kier molecular flexibility index (Phi) is 5.12. The Balaban J connectivity index is 1.60. The summed E-state index contributed by atoms with van der Waals surface area (Å²) in [5, 5.41) is 14.7. The van der Waals surface area contributed by atoms with Crippen LogP contribution in [0.1, 0.15) is 0 Å². The molecule has 0 saturated heterocycles. The zero-order chi connectivity index (χ0) is 16.9. The van der Waals surface area contributed by atoms with Crippen molar-refractivity contribution in [1.29, 1.82) is 0 Å². The number of anilines is 1. The van der Waals surface area contributed by atoms with Gasteiger partial charge in [-0.1, -0.05) is 40.2 Å². The first kappa shape index (κ1) is 16.5. The van der Waals surface area contributed by atoms with Gasteiger partial charge in [-0.3, -0.25) is 10.1 Å². The van der Waals surface area contributed by atoms with Gasteiger partial charge in [0.2, 0.25) is 0 Å². The number of hydrogen-bond donors (Lipinski definition) is 2. The number of ether oxygens (including phenoxy) is 1. The molecule has 1 heterocycles. The highest BCUT2D eigenvalue weighted by molar-refractivity contribution is 9.10. The third-order valence-electron chi connectivity index (χ3n) is 3.09. The molecule has 0 aliphatic heterocycles. The van der Waals surface area contributed by atoms with E-state index < -0.39 is 0 Å². The number of carbonyl (C=O) groups is 1. The predicted molar refractivity (Wildman–Crippen MR) is 97.5 cm³/mol. The molecule has 0 unspecified atom stereocenters. The normalized spacial score (nSPS) is 10.4. The van der Waals surface area contributed by atoms with Crippen LogP contribution in [0.15, 0.2) is 58.4 Å². The fraction of sp³-hybridized carbons (Fsp3) is 0.0588. The summed E-state index contributed by atoms with van der Waals surface area (Å²) in [7, 11) is 0. The number of amides is 1. The van der Waals surface area contributed by atoms with Crippen LogP contribution in [0.5, 0.6) is 11.5 Å². The van der Waals surface area contributed by atoms with Crippen molar-refractivity contribution in [2.75, 3.05) is 11.9 Å². The number of halogens is 1. The number of nitrogens with zero attached hydrogens (tertiary/aromatic N) is 1. The van der Waals surface area contributed by atoms with Gasteiger partial charge in [-0.05, 0) is 24.3 Å². The van der Waals surface area contributed by atoms with E-state index >= 15 is 0 Å². The van der Waals surface area contributed by atoms with E-state index in [1.54, 1.807) is 18.2 Å². The van der Waals surface area contributed by atoms with Crippen molar-refractivity contribution in [3.63, 3.8) is 0 Å². The maximum Gasteiger partial charge on any atom is 0.264 e. The quantitative estimate of drug-likeness (QED) is 0.664. The highest BCUT2D eigenvalue weighted by atomic mass is 79.9. The number of rotatable bonds is 5. The Labute approximate surface area is 151 Å². The third-order valence-corrected chi connectivity index (χ3v) is 4.35. The summed E-state index contributed by atoms with van der Waals surface area (Å²) in [5.41, 5.74) is 1.75. The van der Waals surface area contributed by atoms with Crippen LogP contribution in [0.25, 0.3) is 11.3 Å². The number of benzene rings is 2. The molecule has 0 aliphatic rings. The lowest BCUT2D eigenvalue weighted by Crippen LogP contribution is -2.20. The monoisotopic (exact) mass is 404 g/mol. The lowest BCUT2D eigenvalue weighted by molar-refractivity contribution is -0.118. The van der Waals surface area contributed by atoms with Gasteiger partial charge in [0.1, 0.15) is 0 Å². The van der Waals surface area contributed by atoms with E-state index in [-0.39, 0.29) is 24.0 Å². The molecule has 0 atom stereocenters. The van der Waals surface area contributed by atoms with E-state index in [0.717, 1.165) is 15.7 Å². The molecule has 1 amide bonds. The second-order valence-corrected chi connectivity index (χ2v) is 6.63. The van der Waals surface area contributed by atoms with Crippen molar-refractivity contribution in [2.45, 2.75) is 0 Å². The van der Waals surface area contributed by atoms with Gasteiger partial charge in [0.05, 0.1) is 5.69 Å². The second kappa shape index (κ2) is 7.46. The van der Waals surface area contributed by atoms with Crippen LogP contribution in [0.3, 0.4) is 0 Å². The van der Waals surface area contributed by atoms with Gasteiger partial charge in [-0.2, -0.15) is 0 Å². The summed E-state index contributed by atoms with van der Waals surface area (Å²) < 4.78 is 6.25. The molecule has 1 aromatic heterocycles. The van der Waals surface area contributed by atoms with E-state index in [0.29, 0.717) is 5.13 Å². The average Bonchev–Trinajstić information content (AvgIpc) is 3.02. The molecule has 24 heavy (non-hydrogen) atoms. The van der Waals surface area contributed by atoms with Crippen molar-refractivity contribution >= 4 is 38.3 Å². The first-order valence-electron chi connectivity index (χ1n) is 7.04. The van der Waals surface area contributed by atoms with Gasteiger partial charge in [0.25, 0.3) is 5.91 Å². The van der Waals surface area contributed by atoms with Crippen LogP contribution in [0.2, 0.25) is 0 Å². The van der Waals surface area contributed by atoms with E-state index in [4.69, 9.17) is 4.74 Å². The third kappa shape index (κ3) is 4.12. The topological polar surface area (TPSA) is 71.5 Å². The maximum atomic E-state index is 11.9. The van der Waals surface area contributed by atoms with Gasteiger partial charge in [-0.25, -0.2) is 4.98 Å². The van der Waals surface area contributed by atoms with E-state index in [2.05, 4.69) is 26.2 Å². The maximum absolute atomic E-state index is 11.9.